The number of hydrogen-bond acceptors (Lipinski definition) is 10. The summed E-state index contributed by atoms with van der Waals surface area (Å²) in [5.41, 5.74) is 4.86. The van der Waals surface area contributed by atoms with Crippen molar-refractivity contribution in [1.29, 1.82) is 0 Å². The number of nitrogen functional groups attached to an aromatic ring is 1. The number of carbonyl (C=O) groups is 4. The van der Waals surface area contributed by atoms with Crippen LogP contribution >= 0.6 is 11.3 Å². The van der Waals surface area contributed by atoms with Crippen molar-refractivity contribution in [3.8, 4) is 0 Å². The third-order valence-electron chi connectivity index (χ3n) is 4.21. The summed E-state index contributed by atoms with van der Waals surface area (Å²) >= 11 is 0.983. The molecule has 2 aliphatic heterocycles. The fourth-order valence-corrected chi connectivity index (χ4v) is 5.14. The summed E-state index contributed by atoms with van der Waals surface area (Å²) in [6.07, 6.45) is 1.22. The number of aliphatic carboxylic acids is 2. The molecule has 1 aromatic rings. The third kappa shape index (κ3) is 4.17. The van der Waals surface area contributed by atoms with Gasteiger partial charge in [0.1, 0.15) is 22.8 Å². The van der Waals surface area contributed by atoms with E-state index in [-0.39, 0.29) is 27.8 Å². The van der Waals surface area contributed by atoms with E-state index in [4.69, 9.17) is 10.8 Å². The van der Waals surface area contributed by atoms with Gasteiger partial charge in [0.15, 0.2) is 10.8 Å². The fraction of sp³-hybridized carbons (Fsp3) is 0.250. The maximum atomic E-state index is 12.7. The van der Waals surface area contributed by atoms with Crippen LogP contribution in [0.2, 0.25) is 0 Å². The second-order valence-electron chi connectivity index (χ2n) is 6.14. The molecule has 2 amide bonds. The van der Waals surface area contributed by atoms with Gasteiger partial charge in [-0.25, -0.2) is 14.6 Å². The van der Waals surface area contributed by atoms with Gasteiger partial charge in [0.25, 0.3) is 11.8 Å². The van der Waals surface area contributed by atoms with E-state index in [1.807, 2.05) is 0 Å². The number of carboxylic acid groups (broad SMARTS) is 2. The minimum Gasteiger partial charge on any atom is -0.479 e. The summed E-state index contributed by atoms with van der Waals surface area (Å²) in [6.45, 7) is 2.64. The molecule has 3 rings (SSSR count). The van der Waals surface area contributed by atoms with E-state index in [0.29, 0.717) is 0 Å². The molecule has 1 fully saturated rings. The second-order valence-corrected chi connectivity index (χ2v) is 8.56. The molecule has 3 atom stereocenters. The topological polar surface area (TPSA) is 202 Å². The number of β-lactam (4-membered cyclic amide) rings is 1. The van der Waals surface area contributed by atoms with Crippen molar-refractivity contribution in [3.05, 3.63) is 35.0 Å². The summed E-state index contributed by atoms with van der Waals surface area (Å²) in [4.78, 5) is 56.9. The van der Waals surface area contributed by atoms with E-state index in [1.54, 1.807) is 0 Å². The van der Waals surface area contributed by atoms with Crippen LogP contribution in [0.25, 0.3) is 0 Å². The molecule has 1 saturated heterocycles. The monoisotopic (exact) mass is 469 g/mol. The number of hydrogen-bond donors (Lipinski definition) is 4. The Labute approximate surface area is 180 Å². The van der Waals surface area contributed by atoms with Gasteiger partial charge >= 0.3 is 11.9 Å². The van der Waals surface area contributed by atoms with Gasteiger partial charge in [-0.1, -0.05) is 17.8 Å². The van der Waals surface area contributed by atoms with E-state index < -0.39 is 58.3 Å². The number of amides is 2. The van der Waals surface area contributed by atoms with Gasteiger partial charge in [-0.3, -0.25) is 18.7 Å². The van der Waals surface area contributed by atoms with Crippen molar-refractivity contribution >= 4 is 56.7 Å². The smallest absolute Gasteiger partial charge is 0.352 e. The Hall–Kier alpha value is -3.59. The van der Waals surface area contributed by atoms with Crippen molar-refractivity contribution in [2.75, 3.05) is 18.1 Å². The molecule has 15 heteroatoms. The van der Waals surface area contributed by atoms with Crippen LogP contribution in [0.15, 0.2) is 34.5 Å². The molecule has 3 heterocycles. The van der Waals surface area contributed by atoms with E-state index in [2.05, 4.69) is 26.9 Å². The fourth-order valence-electron chi connectivity index (χ4n) is 2.92. The van der Waals surface area contributed by atoms with Crippen LogP contribution in [-0.2, 0) is 34.8 Å². The molecule has 0 aliphatic carbocycles. The normalized spacial score (nSPS) is 23.0. The van der Waals surface area contributed by atoms with Gasteiger partial charge in [-0.15, -0.1) is 11.3 Å². The quantitative estimate of drug-likeness (QED) is 0.196. The summed E-state index contributed by atoms with van der Waals surface area (Å²) in [7, 11) is -1.71. The first-order chi connectivity index (χ1) is 14.6. The minimum atomic E-state index is -1.71. The van der Waals surface area contributed by atoms with Crippen molar-refractivity contribution in [2.45, 2.75) is 11.4 Å². The lowest BCUT2D eigenvalue weighted by Gasteiger charge is -2.48. The number of aromatic nitrogens is 1. The van der Waals surface area contributed by atoms with Crippen LogP contribution in [0.5, 0.6) is 0 Å². The summed E-state index contributed by atoms with van der Waals surface area (Å²) < 4.78 is 12.6. The first-order valence-electron chi connectivity index (χ1n) is 8.38. The van der Waals surface area contributed by atoms with Crippen LogP contribution in [0.1, 0.15) is 5.69 Å². The lowest BCUT2D eigenvalue weighted by atomic mass is 10.0. The highest BCUT2D eigenvalue weighted by atomic mass is 32.2. The Balaban J connectivity index is 1.85. The predicted molar refractivity (Wildman–Crippen MR) is 107 cm³/mol. The van der Waals surface area contributed by atoms with Gasteiger partial charge in [0, 0.05) is 5.38 Å². The lowest BCUT2D eigenvalue weighted by Crippen LogP contribution is -2.74. The Kier molecular flexibility index (Phi) is 6.16. The molecular weight excluding hydrogens is 454 g/mol. The number of fused-ring (bicyclic) bond motifs is 1. The summed E-state index contributed by atoms with van der Waals surface area (Å²) in [5, 5.41) is 24.3. The van der Waals surface area contributed by atoms with E-state index in [9.17, 15) is 28.5 Å². The molecule has 1 aromatic heterocycles. The molecule has 0 radical (unpaired) electrons. The number of thiazole rings is 1. The number of nitrogens with two attached hydrogens (primary N) is 1. The van der Waals surface area contributed by atoms with Crippen LogP contribution in [-0.4, -0.2) is 77.5 Å². The first-order valence-corrected chi connectivity index (χ1v) is 10.6. The number of carbonyl (C=O) groups excluding carboxylic acids is 2. The van der Waals surface area contributed by atoms with Crippen LogP contribution in [0.3, 0.4) is 0 Å². The zero-order valence-electron chi connectivity index (χ0n) is 15.5. The largest absolute Gasteiger partial charge is 0.479 e. The van der Waals surface area contributed by atoms with Gasteiger partial charge in [0.2, 0.25) is 6.61 Å². The molecule has 0 spiro atoms. The molecule has 0 aromatic carbocycles. The summed E-state index contributed by atoms with van der Waals surface area (Å²) in [6, 6.07) is -1.30. The Bertz CT molecular complexity index is 1080. The average molecular weight is 469 g/mol. The van der Waals surface area contributed by atoms with Crippen molar-refractivity contribution in [3.63, 3.8) is 0 Å². The number of rotatable bonds is 8. The van der Waals surface area contributed by atoms with Crippen molar-refractivity contribution < 1.29 is 38.4 Å². The zero-order chi connectivity index (χ0) is 22.9. The molecule has 0 bridgehead atoms. The number of oxime groups is 1. The number of nitrogens with zero attached hydrogens (tertiary/aromatic N) is 3. The molecule has 2 aliphatic rings. The molecule has 31 heavy (non-hydrogen) atoms. The average Bonchev–Trinajstić information content (AvgIpc) is 3.13. The number of nitrogens with one attached hydrogen (secondary N) is 1. The highest BCUT2D eigenvalue weighted by Crippen LogP contribution is 2.35. The van der Waals surface area contributed by atoms with Crippen LogP contribution < -0.4 is 11.1 Å². The van der Waals surface area contributed by atoms with Gasteiger partial charge in [0.05, 0.1) is 16.6 Å². The van der Waals surface area contributed by atoms with Crippen LogP contribution in [0, 0.1) is 0 Å². The SMILES string of the molecule is C=CC1=C(C(=O)O)N2C(=O)[C@@H](NC(=O)/C(=N\OCC(=O)O)c3csc(N)n3)[C@H]2[S@@](=O)C1. The Morgan fingerprint density at radius 2 is 2.19 bits per heavy atom. The number of anilines is 1. The van der Waals surface area contributed by atoms with Gasteiger partial charge in [-0.05, 0) is 5.57 Å². The van der Waals surface area contributed by atoms with Gasteiger partial charge < -0.3 is 26.1 Å². The predicted octanol–water partition coefficient (Wildman–Crippen LogP) is -1.53. The molecule has 13 nitrogen and oxygen atoms in total. The first kappa shape index (κ1) is 22.1. The lowest BCUT2D eigenvalue weighted by molar-refractivity contribution is -0.150. The minimum absolute atomic E-state index is 0.0288. The standard InChI is InChI=1S/C16H15N5O8S2/c1-2-6-5-31(28)14-10(13(25)21(14)11(6)15(26)27)19-12(24)9(20-29-3-8(22)23)7-4-30-16(17)18-7/h2,4,10,14H,1,3,5H2,(H2,17,18)(H,19,24)(H,22,23)(H,26,27)/b20-9-/t10-,14-,31+/m1/s1. The molecule has 0 unspecified atom stereocenters. The van der Waals surface area contributed by atoms with Crippen molar-refractivity contribution in [1.82, 2.24) is 15.2 Å². The molecule has 164 valence electrons. The molecule has 0 saturated carbocycles. The maximum absolute atomic E-state index is 12.7. The number of carboxylic acids is 2. The maximum Gasteiger partial charge on any atom is 0.352 e. The van der Waals surface area contributed by atoms with E-state index >= 15 is 0 Å². The third-order valence-corrected chi connectivity index (χ3v) is 6.51. The van der Waals surface area contributed by atoms with Gasteiger partial charge in [-0.2, -0.15) is 0 Å². The van der Waals surface area contributed by atoms with Crippen LogP contribution in [0.4, 0.5) is 5.13 Å². The molecular formula is C16H15N5O8S2. The molecule has 5 N–H and O–H groups in total. The van der Waals surface area contributed by atoms with E-state index in [0.717, 1.165) is 16.2 Å². The number of allylic oxidation sites excluding steroid dienone is 1. The van der Waals surface area contributed by atoms with Crippen molar-refractivity contribution in [2.24, 2.45) is 5.16 Å². The Morgan fingerprint density at radius 3 is 2.74 bits per heavy atom. The second kappa shape index (κ2) is 8.65. The highest BCUT2D eigenvalue weighted by Gasteiger charge is 2.57. The Morgan fingerprint density at radius 1 is 1.48 bits per heavy atom. The summed E-state index contributed by atoms with van der Waals surface area (Å²) in [5.74, 6) is -4.64. The van der Waals surface area contributed by atoms with E-state index in [1.165, 1.54) is 11.5 Å². The zero-order valence-corrected chi connectivity index (χ0v) is 17.1. The highest BCUT2D eigenvalue weighted by molar-refractivity contribution is 7.86.